The maximum absolute atomic E-state index is 14.0. The summed E-state index contributed by atoms with van der Waals surface area (Å²) in [5.74, 6) is -0.0263. The van der Waals surface area contributed by atoms with E-state index in [1.807, 2.05) is 12.1 Å². The second-order valence-corrected chi connectivity index (χ2v) is 6.32. The Bertz CT molecular complexity index is 1060. The molecule has 114 valence electrons. The molecule has 1 heteroatoms. The number of hydrogen-bond acceptors (Lipinski definition) is 0. The lowest BCUT2D eigenvalue weighted by Gasteiger charge is -2.16. The molecule has 1 aliphatic rings. The van der Waals surface area contributed by atoms with E-state index in [-0.39, 0.29) is 11.7 Å². The second-order valence-electron chi connectivity index (χ2n) is 6.32. The van der Waals surface area contributed by atoms with E-state index in [2.05, 4.69) is 60.7 Å². The van der Waals surface area contributed by atoms with Crippen LogP contribution in [0.25, 0.3) is 21.9 Å². The fraction of sp³-hybridized carbons (Fsp3) is 0.0435. The molecule has 1 aliphatic carbocycles. The largest absolute Gasteiger partial charge is 0.207 e. The van der Waals surface area contributed by atoms with E-state index in [1.54, 1.807) is 6.07 Å². The molecule has 0 saturated heterocycles. The quantitative estimate of drug-likeness (QED) is 0.349. The number of halogens is 1. The molecule has 0 nitrogen and oxygen atoms in total. The summed E-state index contributed by atoms with van der Waals surface area (Å²) in [4.78, 5) is 0. The van der Waals surface area contributed by atoms with Crippen LogP contribution in [-0.2, 0) is 0 Å². The topological polar surface area (TPSA) is 0 Å². The van der Waals surface area contributed by atoms with Gasteiger partial charge in [-0.1, -0.05) is 72.8 Å². The summed E-state index contributed by atoms with van der Waals surface area (Å²) in [7, 11) is 0. The molecule has 4 aromatic rings. The molecule has 0 fully saturated rings. The van der Waals surface area contributed by atoms with Crippen molar-refractivity contribution in [2.45, 2.75) is 5.92 Å². The zero-order chi connectivity index (χ0) is 16.1. The maximum Gasteiger partial charge on any atom is 0.123 e. The van der Waals surface area contributed by atoms with Gasteiger partial charge in [0.05, 0.1) is 0 Å². The minimum atomic E-state index is -0.182. The lowest BCUT2D eigenvalue weighted by molar-refractivity contribution is 0.629. The van der Waals surface area contributed by atoms with Crippen molar-refractivity contribution in [1.82, 2.24) is 0 Å². The molecule has 0 aliphatic heterocycles. The van der Waals surface area contributed by atoms with E-state index in [9.17, 15) is 4.39 Å². The minimum absolute atomic E-state index is 0.155. The zero-order valence-corrected chi connectivity index (χ0v) is 13.0. The molecule has 5 rings (SSSR count). The fourth-order valence-corrected chi connectivity index (χ4v) is 4.00. The lowest BCUT2D eigenvalue weighted by Crippen LogP contribution is -1.99. The van der Waals surface area contributed by atoms with Crippen molar-refractivity contribution in [3.63, 3.8) is 0 Å². The van der Waals surface area contributed by atoms with Gasteiger partial charge < -0.3 is 0 Å². The fourth-order valence-electron chi connectivity index (χ4n) is 4.00. The van der Waals surface area contributed by atoms with Gasteiger partial charge in [0.2, 0.25) is 0 Å². The van der Waals surface area contributed by atoms with Crippen molar-refractivity contribution in [3.8, 4) is 11.1 Å². The highest BCUT2D eigenvalue weighted by molar-refractivity contribution is 5.97. The summed E-state index contributed by atoms with van der Waals surface area (Å²) in [6, 6.07) is 28.4. The van der Waals surface area contributed by atoms with Crippen LogP contribution in [0.15, 0.2) is 84.9 Å². The normalized spacial score (nSPS) is 15.3. The van der Waals surface area contributed by atoms with E-state index < -0.39 is 0 Å². The number of fused-ring (bicyclic) bond motifs is 5. The Balaban J connectivity index is 1.91. The van der Waals surface area contributed by atoms with Gasteiger partial charge in [0.1, 0.15) is 5.82 Å². The third-order valence-electron chi connectivity index (χ3n) is 5.01. The Hall–Kier alpha value is -2.93. The Morgan fingerprint density at radius 3 is 2.29 bits per heavy atom. The van der Waals surface area contributed by atoms with Gasteiger partial charge in [-0.3, -0.25) is 0 Å². The van der Waals surface area contributed by atoms with Crippen molar-refractivity contribution < 1.29 is 4.39 Å². The Morgan fingerprint density at radius 1 is 0.667 bits per heavy atom. The summed E-state index contributed by atoms with van der Waals surface area (Å²) < 4.78 is 14.0. The van der Waals surface area contributed by atoms with Crippen LogP contribution in [0.3, 0.4) is 0 Å². The van der Waals surface area contributed by atoms with E-state index >= 15 is 0 Å². The van der Waals surface area contributed by atoms with Crippen molar-refractivity contribution in [3.05, 3.63) is 107 Å². The molecule has 1 unspecified atom stereocenters. The smallest absolute Gasteiger partial charge is 0.123 e. The monoisotopic (exact) mass is 310 g/mol. The summed E-state index contributed by atoms with van der Waals surface area (Å²) in [6.07, 6.45) is 0. The van der Waals surface area contributed by atoms with Crippen LogP contribution in [0.5, 0.6) is 0 Å². The first-order valence-corrected chi connectivity index (χ1v) is 8.19. The van der Waals surface area contributed by atoms with Gasteiger partial charge in [-0.25, -0.2) is 4.39 Å². The van der Waals surface area contributed by atoms with Crippen LogP contribution in [0.4, 0.5) is 4.39 Å². The van der Waals surface area contributed by atoms with E-state index in [0.717, 1.165) is 10.8 Å². The average molecular weight is 310 g/mol. The highest BCUT2D eigenvalue weighted by Gasteiger charge is 2.31. The zero-order valence-electron chi connectivity index (χ0n) is 13.0. The molecule has 0 amide bonds. The van der Waals surface area contributed by atoms with E-state index in [1.165, 1.54) is 33.9 Å². The third kappa shape index (κ3) is 1.85. The predicted molar refractivity (Wildman–Crippen MR) is 96.7 cm³/mol. The summed E-state index contributed by atoms with van der Waals surface area (Å²) in [5.41, 5.74) is 6.25. The maximum atomic E-state index is 14.0. The lowest BCUT2D eigenvalue weighted by atomic mass is 9.87. The molecule has 0 heterocycles. The molecular weight excluding hydrogens is 295 g/mol. The Morgan fingerprint density at radius 2 is 1.42 bits per heavy atom. The average Bonchev–Trinajstić information content (AvgIpc) is 2.97. The van der Waals surface area contributed by atoms with Crippen LogP contribution in [0, 0.1) is 5.82 Å². The summed E-state index contributed by atoms with van der Waals surface area (Å²) in [5, 5.41) is 2.10. The van der Waals surface area contributed by atoms with Crippen molar-refractivity contribution in [2.75, 3.05) is 0 Å². The third-order valence-corrected chi connectivity index (χ3v) is 5.01. The Kier molecular flexibility index (Phi) is 2.83. The van der Waals surface area contributed by atoms with Gasteiger partial charge >= 0.3 is 0 Å². The molecule has 1 atom stereocenters. The number of benzene rings is 4. The van der Waals surface area contributed by atoms with E-state index in [4.69, 9.17) is 0 Å². The van der Waals surface area contributed by atoms with Gasteiger partial charge in [-0.05, 0) is 50.7 Å². The molecule has 0 aromatic heterocycles. The van der Waals surface area contributed by atoms with E-state index in [0.29, 0.717) is 0 Å². The van der Waals surface area contributed by atoms with Crippen molar-refractivity contribution in [2.24, 2.45) is 0 Å². The highest BCUT2D eigenvalue weighted by Crippen LogP contribution is 2.50. The van der Waals surface area contributed by atoms with Crippen LogP contribution >= 0.6 is 0 Å². The SMILES string of the molecule is Fc1ccc2ccc3c(c2c1)C(c1ccccc1)c1ccccc1-3. The Labute approximate surface area is 140 Å². The first-order chi connectivity index (χ1) is 11.8. The highest BCUT2D eigenvalue weighted by atomic mass is 19.1. The molecule has 0 saturated carbocycles. The van der Waals surface area contributed by atoms with Crippen LogP contribution in [0.1, 0.15) is 22.6 Å². The minimum Gasteiger partial charge on any atom is -0.207 e. The number of rotatable bonds is 1. The van der Waals surface area contributed by atoms with Gasteiger partial charge in [0.25, 0.3) is 0 Å². The van der Waals surface area contributed by atoms with Gasteiger partial charge in [-0.15, -0.1) is 0 Å². The van der Waals surface area contributed by atoms with Crippen LogP contribution in [-0.4, -0.2) is 0 Å². The molecule has 24 heavy (non-hydrogen) atoms. The molecule has 0 bridgehead atoms. The predicted octanol–water partition coefficient (Wildman–Crippen LogP) is 6.14. The van der Waals surface area contributed by atoms with Gasteiger partial charge in [0.15, 0.2) is 0 Å². The van der Waals surface area contributed by atoms with Crippen LogP contribution < -0.4 is 0 Å². The summed E-state index contributed by atoms with van der Waals surface area (Å²) >= 11 is 0. The molecule has 0 radical (unpaired) electrons. The summed E-state index contributed by atoms with van der Waals surface area (Å²) in [6.45, 7) is 0. The molecular formula is C23H15F. The van der Waals surface area contributed by atoms with Gasteiger partial charge in [0, 0.05) is 5.92 Å². The second kappa shape index (κ2) is 5.04. The molecule has 0 spiro atoms. The molecule has 4 aromatic carbocycles. The van der Waals surface area contributed by atoms with Crippen molar-refractivity contribution >= 4 is 10.8 Å². The molecule has 0 N–H and O–H groups in total. The van der Waals surface area contributed by atoms with Crippen molar-refractivity contribution in [1.29, 1.82) is 0 Å². The first-order valence-electron chi connectivity index (χ1n) is 8.19. The number of hydrogen-bond donors (Lipinski definition) is 0. The van der Waals surface area contributed by atoms with Gasteiger partial charge in [-0.2, -0.15) is 0 Å². The standard InChI is InChI=1S/C23H15F/c24-17-12-10-15-11-13-20-18-8-4-5-9-19(18)22(23(20)21(15)14-17)16-6-2-1-3-7-16/h1-14,22H. The first kappa shape index (κ1) is 13.5. The van der Waals surface area contributed by atoms with Crippen LogP contribution in [0.2, 0.25) is 0 Å².